The minimum atomic E-state index is -1.02. The van der Waals surface area contributed by atoms with Gasteiger partial charge in [-0.05, 0) is 17.2 Å². The standard InChI is InChI=1S/C9H8BrFO2/c10-4-8-6(5-11)2-1-3-7(8)9(12)13/h1-3H,4-5H2,(H,12,13). The summed E-state index contributed by atoms with van der Waals surface area (Å²) in [4.78, 5) is 10.7. The van der Waals surface area contributed by atoms with Crippen molar-refractivity contribution in [2.75, 3.05) is 0 Å². The molecule has 1 rings (SSSR count). The van der Waals surface area contributed by atoms with E-state index in [-0.39, 0.29) is 5.56 Å². The van der Waals surface area contributed by atoms with E-state index in [2.05, 4.69) is 15.9 Å². The molecule has 70 valence electrons. The molecule has 0 saturated carbocycles. The van der Waals surface area contributed by atoms with Crippen LogP contribution in [0, 0.1) is 0 Å². The van der Waals surface area contributed by atoms with Gasteiger partial charge in [0, 0.05) is 5.33 Å². The number of hydrogen-bond acceptors (Lipinski definition) is 1. The fraction of sp³-hybridized carbons (Fsp3) is 0.222. The van der Waals surface area contributed by atoms with Crippen LogP contribution in [0.15, 0.2) is 18.2 Å². The lowest BCUT2D eigenvalue weighted by molar-refractivity contribution is 0.0696. The van der Waals surface area contributed by atoms with Gasteiger partial charge in [-0.25, -0.2) is 9.18 Å². The van der Waals surface area contributed by atoms with Crippen LogP contribution in [0.1, 0.15) is 21.5 Å². The van der Waals surface area contributed by atoms with E-state index in [1.807, 2.05) is 0 Å². The van der Waals surface area contributed by atoms with Crippen molar-refractivity contribution in [3.63, 3.8) is 0 Å². The maximum absolute atomic E-state index is 12.4. The molecule has 1 aromatic carbocycles. The lowest BCUT2D eigenvalue weighted by Crippen LogP contribution is -2.03. The van der Waals surface area contributed by atoms with Gasteiger partial charge < -0.3 is 5.11 Å². The van der Waals surface area contributed by atoms with Crippen LogP contribution in [0.3, 0.4) is 0 Å². The fourth-order valence-corrected chi connectivity index (χ4v) is 1.78. The SMILES string of the molecule is O=C(O)c1cccc(CF)c1CBr. The molecule has 1 N–H and O–H groups in total. The molecule has 4 heteroatoms. The fourth-order valence-electron chi connectivity index (χ4n) is 1.12. The Hall–Kier alpha value is -0.900. The largest absolute Gasteiger partial charge is 0.478 e. The smallest absolute Gasteiger partial charge is 0.336 e. The average molecular weight is 247 g/mol. The number of carboxylic acids is 1. The van der Waals surface area contributed by atoms with Crippen molar-refractivity contribution in [2.45, 2.75) is 12.0 Å². The third kappa shape index (κ3) is 2.06. The molecule has 0 aliphatic rings. The average Bonchev–Trinajstić information content (AvgIpc) is 2.16. The van der Waals surface area contributed by atoms with Gasteiger partial charge in [0.2, 0.25) is 0 Å². The van der Waals surface area contributed by atoms with E-state index in [1.54, 1.807) is 12.1 Å². The minimum absolute atomic E-state index is 0.159. The summed E-state index contributed by atoms with van der Waals surface area (Å²) in [7, 11) is 0. The molecule has 0 aliphatic carbocycles. The van der Waals surface area contributed by atoms with Gasteiger partial charge in [0.1, 0.15) is 6.67 Å². The summed E-state index contributed by atoms with van der Waals surface area (Å²) in [5.41, 5.74) is 1.10. The van der Waals surface area contributed by atoms with Crippen molar-refractivity contribution in [3.05, 3.63) is 34.9 Å². The lowest BCUT2D eigenvalue weighted by Gasteiger charge is -2.06. The zero-order valence-corrected chi connectivity index (χ0v) is 8.34. The molecule has 13 heavy (non-hydrogen) atoms. The van der Waals surface area contributed by atoms with E-state index in [0.717, 1.165) is 0 Å². The highest BCUT2D eigenvalue weighted by Crippen LogP contribution is 2.19. The van der Waals surface area contributed by atoms with Crippen molar-refractivity contribution >= 4 is 21.9 Å². The number of rotatable bonds is 3. The first-order valence-electron chi connectivity index (χ1n) is 3.66. The molecular weight excluding hydrogens is 239 g/mol. The van der Waals surface area contributed by atoms with Crippen LogP contribution in [-0.4, -0.2) is 11.1 Å². The highest BCUT2D eigenvalue weighted by Gasteiger charge is 2.11. The first-order valence-corrected chi connectivity index (χ1v) is 4.78. The summed E-state index contributed by atoms with van der Waals surface area (Å²) in [6, 6.07) is 4.60. The summed E-state index contributed by atoms with van der Waals surface area (Å²) in [5.74, 6) is -1.02. The predicted octanol–water partition coefficient (Wildman–Crippen LogP) is 2.75. The molecule has 0 atom stereocenters. The second-order valence-corrected chi connectivity index (χ2v) is 3.08. The number of hydrogen-bond donors (Lipinski definition) is 1. The molecule has 1 aromatic rings. The van der Waals surface area contributed by atoms with E-state index in [0.29, 0.717) is 16.5 Å². The van der Waals surface area contributed by atoms with E-state index in [4.69, 9.17) is 5.11 Å². The Bertz CT molecular complexity index is 325. The number of halogens is 2. The van der Waals surface area contributed by atoms with E-state index in [9.17, 15) is 9.18 Å². The third-order valence-electron chi connectivity index (χ3n) is 1.78. The normalized spacial score (nSPS) is 10.0. The second-order valence-electron chi connectivity index (χ2n) is 2.52. The summed E-state index contributed by atoms with van der Waals surface area (Å²) >= 11 is 3.14. The number of carboxylic acid groups (broad SMARTS) is 1. The minimum Gasteiger partial charge on any atom is -0.478 e. The molecule has 0 unspecified atom stereocenters. The van der Waals surface area contributed by atoms with Crippen LogP contribution in [0.25, 0.3) is 0 Å². The van der Waals surface area contributed by atoms with Gasteiger partial charge in [-0.2, -0.15) is 0 Å². The van der Waals surface area contributed by atoms with Crippen LogP contribution in [0.2, 0.25) is 0 Å². The summed E-state index contributed by atoms with van der Waals surface area (Å²) in [6.07, 6.45) is 0. The first kappa shape index (κ1) is 10.2. The number of carbonyl (C=O) groups is 1. The molecule has 0 radical (unpaired) electrons. The molecule has 0 fully saturated rings. The van der Waals surface area contributed by atoms with Crippen molar-refractivity contribution in [1.82, 2.24) is 0 Å². The molecule has 2 nitrogen and oxygen atoms in total. The predicted molar refractivity (Wildman–Crippen MR) is 50.8 cm³/mol. The van der Waals surface area contributed by atoms with Crippen LogP contribution in [0.4, 0.5) is 4.39 Å². The van der Waals surface area contributed by atoms with Gasteiger partial charge in [-0.1, -0.05) is 28.1 Å². The third-order valence-corrected chi connectivity index (χ3v) is 2.34. The molecular formula is C9H8BrFO2. The van der Waals surface area contributed by atoms with E-state index in [1.165, 1.54) is 6.07 Å². The Labute approximate surface area is 83.5 Å². The number of aromatic carboxylic acids is 1. The van der Waals surface area contributed by atoms with Gasteiger partial charge >= 0.3 is 5.97 Å². The molecule has 0 bridgehead atoms. The van der Waals surface area contributed by atoms with Crippen molar-refractivity contribution in [2.24, 2.45) is 0 Å². The molecule has 0 saturated heterocycles. The highest BCUT2D eigenvalue weighted by molar-refractivity contribution is 9.08. The summed E-state index contributed by atoms with van der Waals surface area (Å²) in [6.45, 7) is -0.637. The van der Waals surface area contributed by atoms with Crippen molar-refractivity contribution in [1.29, 1.82) is 0 Å². The van der Waals surface area contributed by atoms with Crippen molar-refractivity contribution < 1.29 is 14.3 Å². The summed E-state index contributed by atoms with van der Waals surface area (Å²) < 4.78 is 12.4. The topological polar surface area (TPSA) is 37.3 Å². The maximum Gasteiger partial charge on any atom is 0.336 e. The van der Waals surface area contributed by atoms with Gasteiger partial charge in [-0.3, -0.25) is 0 Å². The molecule has 0 heterocycles. The van der Waals surface area contributed by atoms with Crippen LogP contribution in [0.5, 0.6) is 0 Å². The molecule has 0 amide bonds. The highest BCUT2D eigenvalue weighted by atomic mass is 79.9. The molecule has 0 aromatic heterocycles. The van der Waals surface area contributed by atoms with Crippen LogP contribution < -0.4 is 0 Å². The molecule has 0 spiro atoms. The van der Waals surface area contributed by atoms with E-state index >= 15 is 0 Å². The number of alkyl halides is 2. The zero-order chi connectivity index (χ0) is 9.84. The van der Waals surface area contributed by atoms with E-state index < -0.39 is 12.6 Å². The Morgan fingerprint density at radius 1 is 1.54 bits per heavy atom. The quantitative estimate of drug-likeness (QED) is 0.834. The summed E-state index contributed by atoms with van der Waals surface area (Å²) in [5, 5.41) is 9.13. The lowest BCUT2D eigenvalue weighted by atomic mass is 10.0. The Kier molecular flexibility index (Phi) is 3.42. The Morgan fingerprint density at radius 3 is 2.69 bits per heavy atom. The Morgan fingerprint density at radius 2 is 2.23 bits per heavy atom. The second kappa shape index (κ2) is 4.37. The van der Waals surface area contributed by atoms with Crippen LogP contribution >= 0.6 is 15.9 Å². The molecule has 0 aliphatic heterocycles. The van der Waals surface area contributed by atoms with Gasteiger partial charge in [0.05, 0.1) is 5.56 Å². The van der Waals surface area contributed by atoms with Gasteiger partial charge in [0.15, 0.2) is 0 Å². The Balaban J connectivity index is 3.27. The first-order chi connectivity index (χ1) is 6.20. The van der Waals surface area contributed by atoms with Gasteiger partial charge in [0.25, 0.3) is 0 Å². The monoisotopic (exact) mass is 246 g/mol. The van der Waals surface area contributed by atoms with Gasteiger partial charge in [-0.15, -0.1) is 0 Å². The van der Waals surface area contributed by atoms with Crippen LogP contribution in [-0.2, 0) is 12.0 Å². The zero-order valence-electron chi connectivity index (χ0n) is 6.76. The number of benzene rings is 1. The van der Waals surface area contributed by atoms with Crippen molar-refractivity contribution in [3.8, 4) is 0 Å². The maximum atomic E-state index is 12.4.